The molecule has 3 heterocycles. The standard InChI is InChI=1S/C25H32ClN3O2Si/c1-24(2,3)32-31-25(4,5)22-7-6-11-28(22)19-14-20(16-27-15-19)29-12-10-17-13-18(26)8-9-21(17)23(29)30/h8-9,13-16,22H,6-7,10-12H2,1-5H3/t22-/m0/s1. The van der Waals surface area contributed by atoms with Crippen LogP contribution in [0, 0.1) is 0 Å². The van der Waals surface area contributed by atoms with Crippen molar-refractivity contribution >= 4 is 38.6 Å². The van der Waals surface area contributed by atoms with E-state index in [1.807, 2.05) is 23.2 Å². The first-order valence-corrected chi connectivity index (χ1v) is 12.6. The van der Waals surface area contributed by atoms with Crippen LogP contribution in [0.15, 0.2) is 36.7 Å². The highest BCUT2D eigenvalue weighted by Crippen LogP contribution is 2.36. The third-order valence-electron chi connectivity index (χ3n) is 6.18. The van der Waals surface area contributed by atoms with E-state index >= 15 is 0 Å². The van der Waals surface area contributed by atoms with Crippen LogP contribution >= 0.6 is 11.6 Å². The van der Waals surface area contributed by atoms with E-state index in [0.29, 0.717) is 21.3 Å². The molecule has 2 radical (unpaired) electrons. The van der Waals surface area contributed by atoms with Gasteiger partial charge in [-0.25, -0.2) is 0 Å². The second kappa shape index (κ2) is 8.80. The molecule has 1 aromatic carbocycles. The minimum atomic E-state index is -0.266. The Balaban J connectivity index is 1.56. The van der Waals surface area contributed by atoms with Gasteiger partial charge in [-0.2, -0.15) is 0 Å². The smallest absolute Gasteiger partial charge is 0.258 e. The molecular formula is C25H32ClN3O2Si. The minimum Gasteiger partial charge on any atom is -0.410 e. The first kappa shape index (κ1) is 23.3. The summed E-state index contributed by atoms with van der Waals surface area (Å²) >= 11 is 6.12. The van der Waals surface area contributed by atoms with E-state index in [1.54, 1.807) is 12.3 Å². The number of carbonyl (C=O) groups excluding carboxylic acids is 1. The molecule has 0 saturated carbocycles. The average Bonchev–Trinajstić information content (AvgIpc) is 3.23. The number of hydrogen-bond donors (Lipinski definition) is 0. The summed E-state index contributed by atoms with van der Waals surface area (Å²) in [5, 5.41) is 0.822. The zero-order valence-corrected chi connectivity index (χ0v) is 21.4. The number of aromatic nitrogens is 1. The molecular weight excluding hydrogens is 438 g/mol. The van der Waals surface area contributed by atoms with E-state index in [-0.39, 0.29) is 22.6 Å². The van der Waals surface area contributed by atoms with Crippen molar-refractivity contribution in [1.82, 2.24) is 4.98 Å². The van der Waals surface area contributed by atoms with Gasteiger partial charge in [0.15, 0.2) is 0 Å². The van der Waals surface area contributed by atoms with Crippen molar-refractivity contribution < 1.29 is 9.22 Å². The van der Waals surface area contributed by atoms with Crippen LogP contribution in [-0.4, -0.2) is 45.4 Å². The van der Waals surface area contributed by atoms with Crippen molar-refractivity contribution in [3.63, 3.8) is 0 Å². The summed E-state index contributed by atoms with van der Waals surface area (Å²) in [6.07, 6.45) is 6.69. The van der Waals surface area contributed by atoms with Crippen molar-refractivity contribution in [2.45, 2.75) is 70.6 Å². The van der Waals surface area contributed by atoms with Gasteiger partial charge < -0.3 is 14.2 Å². The molecule has 0 spiro atoms. The van der Waals surface area contributed by atoms with E-state index in [0.717, 1.165) is 48.3 Å². The zero-order valence-electron chi connectivity index (χ0n) is 19.6. The SMILES string of the molecule is CC(C)(C)[Si]OC(C)(C)[C@@H]1CCCN1c1cncc(N2CCc3cc(Cl)ccc3C2=O)c1. The van der Waals surface area contributed by atoms with Gasteiger partial charge in [0.1, 0.15) is 0 Å². The quantitative estimate of drug-likeness (QED) is 0.539. The van der Waals surface area contributed by atoms with Crippen LogP contribution in [0.25, 0.3) is 0 Å². The lowest BCUT2D eigenvalue weighted by atomic mass is 9.96. The molecule has 32 heavy (non-hydrogen) atoms. The first-order chi connectivity index (χ1) is 15.0. The monoisotopic (exact) mass is 469 g/mol. The Kier molecular flexibility index (Phi) is 6.40. The van der Waals surface area contributed by atoms with E-state index in [2.05, 4.69) is 50.6 Å². The van der Waals surface area contributed by atoms with Gasteiger partial charge in [0, 0.05) is 23.7 Å². The largest absolute Gasteiger partial charge is 0.410 e. The fourth-order valence-corrected chi connectivity index (χ4v) is 5.48. The number of amides is 1. The van der Waals surface area contributed by atoms with Gasteiger partial charge in [-0.05, 0) is 68.0 Å². The number of pyridine rings is 1. The molecule has 2 aliphatic heterocycles. The normalized spacial score (nSPS) is 19.4. The summed E-state index contributed by atoms with van der Waals surface area (Å²) in [7, 11) is 0.442. The Hall–Kier alpha value is -1.89. The zero-order chi connectivity index (χ0) is 23.1. The molecule has 1 atom stereocenters. The minimum absolute atomic E-state index is 0.00915. The number of benzene rings is 1. The van der Waals surface area contributed by atoms with Crippen LogP contribution in [0.1, 0.15) is 63.4 Å². The molecule has 4 rings (SSSR count). The number of halogens is 1. The number of fused-ring (bicyclic) bond motifs is 1. The van der Waals surface area contributed by atoms with E-state index in [1.165, 1.54) is 0 Å². The third kappa shape index (κ3) is 4.87. The molecule has 1 amide bonds. The summed E-state index contributed by atoms with van der Waals surface area (Å²) in [5.74, 6) is 0.00915. The fourth-order valence-electron chi connectivity index (χ4n) is 4.58. The van der Waals surface area contributed by atoms with Gasteiger partial charge in [0.2, 0.25) is 9.76 Å². The van der Waals surface area contributed by atoms with Gasteiger partial charge in [-0.1, -0.05) is 32.4 Å². The molecule has 1 fully saturated rings. The molecule has 1 aromatic heterocycles. The molecule has 1 saturated heterocycles. The van der Waals surface area contributed by atoms with Crippen LogP contribution in [0.4, 0.5) is 11.4 Å². The Bertz CT molecular complexity index is 1000. The van der Waals surface area contributed by atoms with Gasteiger partial charge in [0.25, 0.3) is 5.91 Å². The van der Waals surface area contributed by atoms with Crippen molar-refractivity contribution in [2.24, 2.45) is 0 Å². The first-order valence-electron chi connectivity index (χ1n) is 11.3. The topological polar surface area (TPSA) is 45.7 Å². The Morgan fingerprint density at radius 2 is 1.84 bits per heavy atom. The maximum Gasteiger partial charge on any atom is 0.258 e. The van der Waals surface area contributed by atoms with E-state index < -0.39 is 0 Å². The summed E-state index contributed by atoms with van der Waals surface area (Å²) in [5.41, 5.74) is 3.37. The Morgan fingerprint density at radius 1 is 1.09 bits per heavy atom. The molecule has 0 aliphatic carbocycles. The van der Waals surface area contributed by atoms with Crippen LogP contribution < -0.4 is 9.80 Å². The number of nitrogens with zero attached hydrogens (tertiary/aromatic N) is 3. The summed E-state index contributed by atoms with van der Waals surface area (Å²) in [6, 6.07) is 7.89. The second-order valence-electron chi connectivity index (χ2n) is 10.3. The van der Waals surface area contributed by atoms with Crippen LogP contribution in [0.5, 0.6) is 0 Å². The van der Waals surface area contributed by atoms with E-state index in [4.69, 9.17) is 16.0 Å². The predicted molar refractivity (Wildman–Crippen MR) is 132 cm³/mol. The van der Waals surface area contributed by atoms with Crippen LogP contribution in [0.2, 0.25) is 10.1 Å². The molecule has 5 nitrogen and oxygen atoms in total. The number of anilines is 2. The Labute approximate surface area is 199 Å². The summed E-state index contributed by atoms with van der Waals surface area (Å²) in [4.78, 5) is 21.9. The number of carbonyl (C=O) groups is 1. The third-order valence-corrected chi connectivity index (χ3v) is 7.65. The molecule has 2 aromatic rings. The van der Waals surface area contributed by atoms with Gasteiger partial charge in [0.05, 0.1) is 35.4 Å². The predicted octanol–water partition coefficient (Wildman–Crippen LogP) is 5.54. The molecule has 7 heteroatoms. The highest BCUT2D eigenvalue weighted by Gasteiger charge is 2.39. The number of rotatable bonds is 5. The lowest BCUT2D eigenvalue weighted by molar-refractivity contribution is 0.0811. The van der Waals surface area contributed by atoms with Crippen molar-refractivity contribution in [3.8, 4) is 0 Å². The van der Waals surface area contributed by atoms with Crippen LogP contribution in [0.3, 0.4) is 0 Å². The van der Waals surface area contributed by atoms with E-state index in [9.17, 15) is 4.79 Å². The highest BCUT2D eigenvalue weighted by molar-refractivity contribution is 6.32. The van der Waals surface area contributed by atoms with Gasteiger partial charge in [-0.15, -0.1) is 0 Å². The Morgan fingerprint density at radius 3 is 2.59 bits per heavy atom. The van der Waals surface area contributed by atoms with Crippen molar-refractivity contribution in [3.05, 3.63) is 52.8 Å². The maximum atomic E-state index is 13.2. The molecule has 0 N–H and O–H groups in total. The van der Waals surface area contributed by atoms with Crippen LogP contribution in [-0.2, 0) is 10.8 Å². The van der Waals surface area contributed by atoms with Crippen molar-refractivity contribution in [2.75, 3.05) is 22.9 Å². The lowest BCUT2D eigenvalue weighted by Crippen LogP contribution is -2.49. The molecule has 170 valence electrons. The summed E-state index contributed by atoms with van der Waals surface area (Å²) in [6.45, 7) is 12.6. The van der Waals surface area contributed by atoms with Crippen molar-refractivity contribution in [1.29, 1.82) is 0 Å². The lowest BCUT2D eigenvalue weighted by Gasteiger charge is -2.40. The average molecular weight is 470 g/mol. The molecule has 0 unspecified atom stereocenters. The second-order valence-corrected chi connectivity index (χ2v) is 12.7. The molecule has 0 bridgehead atoms. The molecule has 2 aliphatic rings. The number of hydrogen-bond acceptors (Lipinski definition) is 4. The summed E-state index contributed by atoms with van der Waals surface area (Å²) < 4.78 is 6.43. The maximum absolute atomic E-state index is 13.2. The van der Waals surface area contributed by atoms with Gasteiger partial charge in [-0.3, -0.25) is 9.78 Å². The fraction of sp³-hybridized carbons (Fsp3) is 0.520. The highest BCUT2D eigenvalue weighted by atomic mass is 35.5. The van der Waals surface area contributed by atoms with Gasteiger partial charge >= 0.3 is 0 Å².